The SMILES string of the molecule is CSc1cc(N(CCCN)c2cccc(F)c2)ncn1. The van der Waals surface area contributed by atoms with Crippen LogP contribution in [0.4, 0.5) is 15.9 Å². The smallest absolute Gasteiger partial charge is 0.137 e. The van der Waals surface area contributed by atoms with Crippen molar-refractivity contribution in [2.75, 3.05) is 24.2 Å². The summed E-state index contributed by atoms with van der Waals surface area (Å²) in [4.78, 5) is 10.4. The van der Waals surface area contributed by atoms with Crippen LogP contribution in [0.1, 0.15) is 6.42 Å². The van der Waals surface area contributed by atoms with E-state index >= 15 is 0 Å². The van der Waals surface area contributed by atoms with Crippen LogP contribution >= 0.6 is 11.8 Å². The molecule has 1 aromatic heterocycles. The molecule has 6 heteroatoms. The van der Waals surface area contributed by atoms with Gasteiger partial charge in [0.1, 0.15) is 23.0 Å². The van der Waals surface area contributed by atoms with Crippen LogP contribution in [-0.2, 0) is 0 Å². The van der Waals surface area contributed by atoms with E-state index in [1.807, 2.05) is 23.3 Å². The molecule has 20 heavy (non-hydrogen) atoms. The lowest BCUT2D eigenvalue weighted by atomic mass is 10.2. The average molecular weight is 292 g/mol. The number of thioether (sulfide) groups is 1. The van der Waals surface area contributed by atoms with Crippen LogP contribution in [-0.4, -0.2) is 29.3 Å². The zero-order chi connectivity index (χ0) is 14.4. The molecular weight excluding hydrogens is 275 g/mol. The van der Waals surface area contributed by atoms with Gasteiger partial charge in [0.05, 0.1) is 0 Å². The van der Waals surface area contributed by atoms with Crippen molar-refractivity contribution >= 4 is 23.3 Å². The summed E-state index contributed by atoms with van der Waals surface area (Å²) in [5, 5.41) is 0.879. The maximum Gasteiger partial charge on any atom is 0.137 e. The molecule has 0 aliphatic heterocycles. The summed E-state index contributed by atoms with van der Waals surface area (Å²) in [6.45, 7) is 1.26. The maximum absolute atomic E-state index is 13.4. The zero-order valence-electron chi connectivity index (χ0n) is 11.3. The molecule has 4 nitrogen and oxygen atoms in total. The Morgan fingerprint density at radius 1 is 1.30 bits per heavy atom. The average Bonchev–Trinajstić information content (AvgIpc) is 2.48. The Hall–Kier alpha value is -1.66. The number of aromatic nitrogens is 2. The minimum absolute atomic E-state index is 0.264. The number of halogens is 1. The molecule has 0 aliphatic rings. The highest BCUT2D eigenvalue weighted by Crippen LogP contribution is 2.26. The van der Waals surface area contributed by atoms with Crippen molar-refractivity contribution in [1.82, 2.24) is 9.97 Å². The van der Waals surface area contributed by atoms with Gasteiger partial charge in [-0.3, -0.25) is 0 Å². The molecular formula is C14H17FN4S. The molecule has 1 heterocycles. The molecule has 0 radical (unpaired) electrons. The zero-order valence-corrected chi connectivity index (χ0v) is 12.1. The molecule has 0 aliphatic carbocycles. The van der Waals surface area contributed by atoms with Gasteiger partial charge in [0.2, 0.25) is 0 Å². The second kappa shape index (κ2) is 7.21. The van der Waals surface area contributed by atoms with Gasteiger partial charge in [0.15, 0.2) is 0 Å². The Morgan fingerprint density at radius 3 is 2.85 bits per heavy atom. The van der Waals surface area contributed by atoms with E-state index in [1.54, 1.807) is 17.8 Å². The van der Waals surface area contributed by atoms with Crippen LogP contribution in [0.2, 0.25) is 0 Å². The van der Waals surface area contributed by atoms with Crippen LogP contribution in [0.15, 0.2) is 41.7 Å². The first kappa shape index (κ1) is 14.7. The van der Waals surface area contributed by atoms with Gasteiger partial charge in [0, 0.05) is 18.3 Å². The van der Waals surface area contributed by atoms with Crippen molar-refractivity contribution in [2.45, 2.75) is 11.4 Å². The predicted octanol–water partition coefficient (Wildman–Crippen LogP) is 2.82. The number of rotatable bonds is 6. The van der Waals surface area contributed by atoms with Crippen LogP contribution in [0.5, 0.6) is 0 Å². The summed E-state index contributed by atoms with van der Waals surface area (Å²) < 4.78 is 13.4. The molecule has 0 amide bonds. The number of hydrogen-bond donors (Lipinski definition) is 1. The van der Waals surface area contributed by atoms with Gasteiger partial charge < -0.3 is 10.6 Å². The molecule has 0 fully saturated rings. The molecule has 0 spiro atoms. The number of anilines is 2. The van der Waals surface area contributed by atoms with Gasteiger partial charge in [0.25, 0.3) is 0 Å². The fourth-order valence-electron chi connectivity index (χ4n) is 1.86. The minimum Gasteiger partial charge on any atom is -0.330 e. The third kappa shape index (κ3) is 3.68. The summed E-state index contributed by atoms with van der Waals surface area (Å²) in [5.74, 6) is 0.489. The number of hydrogen-bond acceptors (Lipinski definition) is 5. The van der Waals surface area contributed by atoms with E-state index < -0.39 is 0 Å². The van der Waals surface area contributed by atoms with Crippen molar-refractivity contribution in [2.24, 2.45) is 5.73 Å². The van der Waals surface area contributed by atoms with Gasteiger partial charge in [-0.05, 0) is 37.4 Å². The highest BCUT2D eigenvalue weighted by Gasteiger charge is 2.12. The molecule has 0 saturated carbocycles. The topological polar surface area (TPSA) is 55.0 Å². The lowest BCUT2D eigenvalue weighted by molar-refractivity contribution is 0.627. The standard InChI is InChI=1S/C14H17FN4S/c1-20-14-9-13(17-10-18-14)19(7-3-6-16)12-5-2-4-11(15)8-12/h2,4-5,8-10H,3,6-7,16H2,1H3. The molecule has 2 N–H and O–H groups in total. The molecule has 0 saturated heterocycles. The van der Waals surface area contributed by atoms with Crippen molar-refractivity contribution in [1.29, 1.82) is 0 Å². The Balaban J connectivity index is 2.35. The van der Waals surface area contributed by atoms with E-state index in [1.165, 1.54) is 18.5 Å². The number of nitrogens with two attached hydrogens (primary N) is 1. The summed E-state index contributed by atoms with van der Waals surface area (Å²) >= 11 is 1.55. The third-order valence-corrected chi connectivity index (χ3v) is 3.46. The summed E-state index contributed by atoms with van der Waals surface area (Å²) in [6.07, 6.45) is 4.28. The lowest BCUT2D eigenvalue weighted by Crippen LogP contribution is -2.22. The highest BCUT2D eigenvalue weighted by molar-refractivity contribution is 7.98. The van der Waals surface area contributed by atoms with Crippen molar-refractivity contribution in [3.63, 3.8) is 0 Å². The van der Waals surface area contributed by atoms with Gasteiger partial charge in [-0.2, -0.15) is 0 Å². The Kier molecular flexibility index (Phi) is 5.31. The molecule has 0 unspecified atom stereocenters. The molecule has 106 valence electrons. The second-order valence-corrected chi connectivity index (χ2v) is 5.02. The van der Waals surface area contributed by atoms with Crippen LogP contribution in [0.25, 0.3) is 0 Å². The summed E-state index contributed by atoms with van der Waals surface area (Å²) in [6, 6.07) is 8.37. The summed E-state index contributed by atoms with van der Waals surface area (Å²) in [5.41, 5.74) is 6.35. The van der Waals surface area contributed by atoms with Crippen LogP contribution < -0.4 is 10.6 Å². The lowest BCUT2D eigenvalue weighted by Gasteiger charge is -2.23. The first-order chi connectivity index (χ1) is 9.74. The van der Waals surface area contributed by atoms with E-state index in [-0.39, 0.29) is 5.82 Å². The largest absolute Gasteiger partial charge is 0.330 e. The first-order valence-electron chi connectivity index (χ1n) is 6.34. The van der Waals surface area contributed by atoms with Crippen molar-refractivity contribution in [3.8, 4) is 0 Å². The van der Waals surface area contributed by atoms with E-state index in [2.05, 4.69) is 9.97 Å². The number of nitrogens with zero attached hydrogens (tertiary/aromatic N) is 3. The van der Waals surface area contributed by atoms with Gasteiger partial charge in [-0.15, -0.1) is 11.8 Å². The van der Waals surface area contributed by atoms with E-state index in [0.29, 0.717) is 13.1 Å². The molecule has 2 rings (SSSR count). The van der Waals surface area contributed by atoms with E-state index in [9.17, 15) is 4.39 Å². The fourth-order valence-corrected chi connectivity index (χ4v) is 2.23. The van der Waals surface area contributed by atoms with Crippen molar-refractivity contribution in [3.05, 3.63) is 42.5 Å². The van der Waals surface area contributed by atoms with Gasteiger partial charge >= 0.3 is 0 Å². The molecule has 0 atom stereocenters. The normalized spacial score (nSPS) is 10.6. The Bertz CT molecular complexity index is 564. The van der Waals surface area contributed by atoms with Crippen molar-refractivity contribution < 1.29 is 4.39 Å². The quantitative estimate of drug-likeness (QED) is 0.655. The second-order valence-electron chi connectivity index (χ2n) is 4.19. The highest BCUT2D eigenvalue weighted by atomic mass is 32.2. The first-order valence-corrected chi connectivity index (χ1v) is 7.56. The predicted molar refractivity (Wildman–Crippen MR) is 80.9 cm³/mol. The molecule has 1 aromatic carbocycles. The Morgan fingerprint density at radius 2 is 2.15 bits per heavy atom. The maximum atomic E-state index is 13.4. The van der Waals surface area contributed by atoms with Crippen LogP contribution in [0.3, 0.4) is 0 Å². The number of benzene rings is 1. The van der Waals surface area contributed by atoms with Gasteiger partial charge in [-0.1, -0.05) is 6.07 Å². The monoisotopic (exact) mass is 292 g/mol. The summed E-state index contributed by atoms with van der Waals surface area (Å²) in [7, 11) is 0. The third-order valence-electron chi connectivity index (χ3n) is 2.82. The Labute approximate surface area is 122 Å². The van der Waals surface area contributed by atoms with E-state index in [0.717, 1.165) is 23.0 Å². The fraction of sp³-hybridized carbons (Fsp3) is 0.286. The van der Waals surface area contributed by atoms with Crippen LogP contribution in [0, 0.1) is 5.82 Å². The van der Waals surface area contributed by atoms with E-state index in [4.69, 9.17) is 5.73 Å². The minimum atomic E-state index is -0.264. The molecule has 2 aromatic rings. The van der Waals surface area contributed by atoms with Gasteiger partial charge in [-0.25, -0.2) is 14.4 Å². The molecule has 0 bridgehead atoms.